The molecule has 7 heteroatoms. The van der Waals surface area contributed by atoms with Gasteiger partial charge in [0, 0.05) is 18.0 Å². The van der Waals surface area contributed by atoms with Gasteiger partial charge in [0.1, 0.15) is 10.9 Å². The Morgan fingerprint density at radius 1 is 1.39 bits per heavy atom. The van der Waals surface area contributed by atoms with E-state index in [2.05, 4.69) is 15.3 Å². The largest absolute Gasteiger partial charge is 0.329 e. The highest BCUT2D eigenvalue weighted by Crippen LogP contribution is 2.16. The number of carbonyl (C=O) groups is 2. The summed E-state index contributed by atoms with van der Waals surface area (Å²) in [5.74, 6) is 1.19. The van der Waals surface area contributed by atoms with Crippen molar-refractivity contribution in [3.63, 3.8) is 0 Å². The molecule has 2 rings (SSSR count). The number of nitrogens with zero attached hydrogens (tertiary/aromatic N) is 3. The molecule has 2 heterocycles. The smallest absolute Gasteiger partial charge is 0.324 e. The van der Waals surface area contributed by atoms with Crippen molar-refractivity contribution in [2.75, 3.05) is 18.8 Å². The minimum absolute atomic E-state index is 0.106. The molecular formula is C11H14N4O2S. The van der Waals surface area contributed by atoms with Gasteiger partial charge in [-0.3, -0.25) is 9.69 Å². The molecule has 0 aliphatic carbocycles. The number of hydrogen-bond acceptors (Lipinski definition) is 5. The molecule has 18 heavy (non-hydrogen) atoms. The molecule has 1 aromatic rings. The maximum atomic E-state index is 11.3. The van der Waals surface area contributed by atoms with Crippen LogP contribution >= 0.6 is 11.8 Å². The van der Waals surface area contributed by atoms with E-state index in [4.69, 9.17) is 0 Å². The fourth-order valence-electron chi connectivity index (χ4n) is 1.68. The molecule has 0 atom stereocenters. The third-order valence-corrected chi connectivity index (χ3v) is 3.34. The molecule has 0 bridgehead atoms. The number of carbonyl (C=O) groups excluding carboxylic acids is 2. The lowest BCUT2D eigenvalue weighted by atomic mass is 10.4. The Morgan fingerprint density at radius 3 is 2.78 bits per heavy atom. The summed E-state index contributed by atoms with van der Waals surface area (Å²) in [6, 6.07) is 1.58. The van der Waals surface area contributed by atoms with Gasteiger partial charge in [-0.05, 0) is 19.9 Å². The Hall–Kier alpha value is -1.63. The van der Waals surface area contributed by atoms with Gasteiger partial charge in [-0.2, -0.15) is 0 Å². The Bertz CT molecular complexity index is 456. The van der Waals surface area contributed by atoms with Crippen LogP contribution in [0.25, 0.3) is 0 Å². The molecule has 0 aromatic carbocycles. The Morgan fingerprint density at radius 2 is 2.17 bits per heavy atom. The number of nitrogens with one attached hydrogen (secondary N) is 1. The fourth-order valence-corrected chi connectivity index (χ4v) is 2.61. The number of hydrogen-bond donors (Lipinski definition) is 1. The standard InChI is InChI=1S/C11H14N4O2S/c1-7-5-9(14-8(2)13-7)18-4-3-15-10(16)6-12-11(15)17/h5H,3-4,6H2,1-2H3,(H,12,17). The molecule has 6 nitrogen and oxygen atoms in total. The number of urea groups is 1. The van der Waals surface area contributed by atoms with Gasteiger partial charge in [0.15, 0.2) is 0 Å². The summed E-state index contributed by atoms with van der Waals surface area (Å²) in [5.41, 5.74) is 0.917. The first-order valence-corrected chi connectivity index (χ1v) is 6.58. The lowest BCUT2D eigenvalue weighted by Gasteiger charge is -2.11. The maximum absolute atomic E-state index is 11.3. The number of imide groups is 1. The van der Waals surface area contributed by atoms with Gasteiger partial charge < -0.3 is 5.32 Å². The Kier molecular flexibility index (Phi) is 3.81. The average molecular weight is 266 g/mol. The van der Waals surface area contributed by atoms with Crippen molar-refractivity contribution < 1.29 is 9.59 Å². The van der Waals surface area contributed by atoms with E-state index in [9.17, 15) is 9.59 Å². The number of aryl methyl sites for hydroxylation is 2. The van der Waals surface area contributed by atoms with Gasteiger partial charge in [0.05, 0.1) is 6.54 Å². The second kappa shape index (κ2) is 5.34. The van der Waals surface area contributed by atoms with Crippen molar-refractivity contribution >= 4 is 23.7 Å². The van der Waals surface area contributed by atoms with Crippen molar-refractivity contribution in [3.8, 4) is 0 Å². The molecule has 1 aliphatic heterocycles. The second-order valence-electron chi connectivity index (χ2n) is 3.95. The van der Waals surface area contributed by atoms with Gasteiger partial charge in [0.2, 0.25) is 5.91 Å². The molecule has 1 saturated heterocycles. The van der Waals surface area contributed by atoms with Gasteiger partial charge in [0.25, 0.3) is 0 Å². The lowest BCUT2D eigenvalue weighted by molar-refractivity contribution is -0.124. The number of rotatable bonds is 4. The van der Waals surface area contributed by atoms with Crippen molar-refractivity contribution in [2.45, 2.75) is 18.9 Å². The predicted octanol–water partition coefficient (Wildman–Crippen LogP) is 0.737. The van der Waals surface area contributed by atoms with Crippen molar-refractivity contribution in [1.82, 2.24) is 20.2 Å². The second-order valence-corrected chi connectivity index (χ2v) is 5.06. The molecule has 3 amide bonds. The van der Waals surface area contributed by atoms with E-state index in [1.54, 1.807) is 0 Å². The quantitative estimate of drug-likeness (QED) is 0.494. The van der Waals surface area contributed by atoms with Gasteiger partial charge >= 0.3 is 6.03 Å². The molecule has 0 radical (unpaired) electrons. The SMILES string of the molecule is Cc1cc(SCCN2C(=O)CNC2=O)nc(C)n1. The summed E-state index contributed by atoms with van der Waals surface area (Å²) in [5, 5.41) is 3.36. The molecule has 1 fully saturated rings. The zero-order chi connectivity index (χ0) is 13.1. The first kappa shape index (κ1) is 12.8. The molecule has 0 spiro atoms. The zero-order valence-corrected chi connectivity index (χ0v) is 11.1. The normalized spacial score (nSPS) is 15.1. The van der Waals surface area contributed by atoms with E-state index in [0.29, 0.717) is 12.3 Å². The highest BCUT2D eigenvalue weighted by Gasteiger charge is 2.27. The minimum Gasteiger partial charge on any atom is -0.329 e. The highest BCUT2D eigenvalue weighted by atomic mass is 32.2. The van der Waals surface area contributed by atoms with E-state index < -0.39 is 0 Å². The lowest BCUT2D eigenvalue weighted by Crippen LogP contribution is -2.32. The molecule has 1 N–H and O–H groups in total. The van der Waals surface area contributed by atoms with Gasteiger partial charge in [-0.25, -0.2) is 14.8 Å². The van der Waals surface area contributed by atoms with Crippen LogP contribution in [0.5, 0.6) is 0 Å². The van der Waals surface area contributed by atoms with E-state index in [0.717, 1.165) is 16.5 Å². The van der Waals surface area contributed by atoms with E-state index in [1.165, 1.54) is 16.7 Å². The van der Waals surface area contributed by atoms with Crippen LogP contribution < -0.4 is 5.32 Å². The molecule has 0 saturated carbocycles. The molecule has 1 aromatic heterocycles. The Labute approximate surface area is 109 Å². The van der Waals surface area contributed by atoms with Crippen molar-refractivity contribution in [2.24, 2.45) is 0 Å². The van der Waals surface area contributed by atoms with Crippen LogP contribution in [0.2, 0.25) is 0 Å². The van der Waals surface area contributed by atoms with E-state index in [1.807, 2.05) is 19.9 Å². The van der Waals surface area contributed by atoms with Crippen LogP contribution in [0.3, 0.4) is 0 Å². The molecule has 96 valence electrons. The summed E-state index contributed by atoms with van der Waals surface area (Å²) in [4.78, 5) is 32.3. The summed E-state index contributed by atoms with van der Waals surface area (Å²) < 4.78 is 0. The summed E-state index contributed by atoms with van der Waals surface area (Å²) in [6.07, 6.45) is 0. The Balaban J connectivity index is 1.88. The molecule has 1 aliphatic rings. The van der Waals surface area contributed by atoms with Crippen LogP contribution in [-0.2, 0) is 4.79 Å². The minimum atomic E-state index is -0.310. The average Bonchev–Trinajstić information content (AvgIpc) is 2.59. The number of thioether (sulfide) groups is 1. The fraction of sp³-hybridized carbons (Fsp3) is 0.455. The third kappa shape index (κ3) is 2.98. The molecular weight excluding hydrogens is 252 g/mol. The van der Waals surface area contributed by atoms with Crippen molar-refractivity contribution in [1.29, 1.82) is 0 Å². The predicted molar refractivity (Wildman–Crippen MR) is 67.3 cm³/mol. The van der Waals surface area contributed by atoms with Gasteiger partial charge in [-0.15, -0.1) is 11.8 Å². The first-order chi connectivity index (χ1) is 8.56. The zero-order valence-electron chi connectivity index (χ0n) is 10.3. The molecule has 0 unspecified atom stereocenters. The van der Waals surface area contributed by atoms with Crippen LogP contribution in [0.15, 0.2) is 11.1 Å². The van der Waals surface area contributed by atoms with Crippen LogP contribution in [-0.4, -0.2) is 45.6 Å². The summed E-state index contributed by atoms with van der Waals surface area (Å²) in [6.45, 7) is 4.26. The van der Waals surface area contributed by atoms with E-state index >= 15 is 0 Å². The van der Waals surface area contributed by atoms with Crippen LogP contribution in [0.4, 0.5) is 4.79 Å². The first-order valence-electron chi connectivity index (χ1n) is 5.59. The summed E-state index contributed by atoms with van der Waals surface area (Å²) in [7, 11) is 0. The van der Waals surface area contributed by atoms with Gasteiger partial charge in [-0.1, -0.05) is 0 Å². The van der Waals surface area contributed by atoms with E-state index in [-0.39, 0.29) is 18.5 Å². The number of aromatic nitrogens is 2. The monoisotopic (exact) mass is 266 g/mol. The number of amides is 3. The maximum Gasteiger partial charge on any atom is 0.324 e. The van der Waals surface area contributed by atoms with Crippen molar-refractivity contribution in [3.05, 3.63) is 17.6 Å². The van der Waals surface area contributed by atoms with Crippen LogP contribution in [0.1, 0.15) is 11.5 Å². The highest BCUT2D eigenvalue weighted by molar-refractivity contribution is 7.99. The summed E-state index contributed by atoms with van der Waals surface area (Å²) >= 11 is 1.51. The third-order valence-electron chi connectivity index (χ3n) is 2.44. The topological polar surface area (TPSA) is 75.2 Å². The van der Waals surface area contributed by atoms with Crippen LogP contribution in [0, 0.1) is 13.8 Å².